The van der Waals surface area contributed by atoms with Crippen LogP contribution in [0.1, 0.15) is 63.7 Å². The quantitative estimate of drug-likeness (QED) is 0.782. The predicted molar refractivity (Wildman–Crippen MR) is 92.8 cm³/mol. The van der Waals surface area contributed by atoms with Gasteiger partial charge >= 0.3 is 6.09 Å². The Kier molecular flexibility index (Phi) is 4.71. The molecule has 3 rings (SSSR count). The van der Waals surface area contributed by atoms with Gasteiger partial charge in [0, 0.05) is 31.1 Å². The summed E-state index contributed by atoms with van der Waals surface area (Å²) in [7, 11) is 0. The molecule has 0 spiro atoms. The van der Waals surface area contributed by atoms with Crippen molar-refractivity contribution in [2.45, 2.75) is 77.2 Å². The van der Waals surface area contributed by atoms with Crippen LogP contribution in [0.2, 0.25) is 0 Å². The van der Waals surface area contributed by atoms with Crippen molar-refractivity contribution < 1.29 is 19.1 Å². The number of amides is 1. The minimum atomic E-state index is -0.492. The number of ketones is 1. The molecule has 1 amide bonds. The average molecular weight is 346 g/mol. The molecule has 2 aliphatic heterocycles. The molecule has 6 heteroatoms. The van der Waals surface area contributed by atoms with Crippen LogP contribution in [-0.4, -0.2) is 45.5 Å². The lowest BCUT2D eigenvalue weighted by Crippen LogP contribution is -2.50. The summed E-state index contributed by atoms with van der Waals surface area (Å²) in [5.74, 6) is 0.336. The molecule has 2 aliphatic rings. The molecule has 6 nitrogen and oxygen atoms in total. The van der Waals surface area contributed by atoms with Gasteiger partial charge in [0.2, 0.25) is 5.88 Å². The molecule has 0 aromatic carbocycles. The molecule has 0 saturated carbocycles. The summed E-state index contributed by atoms with van der Waals surface area (Å²) in [6.07, 6.45) is 4.77. The van der Waals surface area contributed by atoms with Crippen molar-refractivity contribution in [2.75, 3.05) is 0 Å². The van der Waals surface area contributed by atoms with Crippen LogP contribution in [0, 0.1) is 0 Å². The number of hydrogen-bond acceptors (Lipinski definition) is 5. The monoisotopic (exact) mass is 346 g/mol. The van der Waals surface area contributed by atoms with E-state index in [-0.39, 0.29) is 30.1 Å². The Morgan fingerprint density at radius 3 is 2.40 bits per heavy atom. The molecule has 2 bridgehead atoms. The van der Waals surface area contributed by atoms with Crippen molar-refractivity contribution in [2.24, 2.45) is 0 Å². The fourth-order valence-corrected chi connectivity index (χ4v) is 3.75. The number of carbonyl (C=O) groups excluding carboxylic acids is 2. The van der Waals surface area contributed by atoms with Gasteiger partial charge in [0.05, 0.1) is 5.56 Å². The third-order valence-electron chi connectivity index (χ3n) is 4.72. The molecule has 2 saturated heterocycles. The summed E-state index contributed by atoms with van der Waals surface area (Å²) >= 11 is 0. The van der Waals surface area contributed by atoms with Crippen molar-refractivity contribution in [3.05, 3.63) is 23.9 Å². The maximum Gasteiger partial charge on any atom is 0.410 e. The third kappa shape index (κ3) is 3.94. The number of rotatable bonds is 3. The van der Waals surface area contributed by atoms with E-state index in [9.17, 15) is 9.59 Å². The SMILES string of the molecule is CC(=O)c1cccnc1OC1C[C@H]2CC[C@@H](C1)N2C(=O)OC(C)(C)C. The Balaban J connectivity index is 1.68. The molecule has 0 radical (unpaired) electrons. The van der Waals surface area contributed by atoms with Gasteiger partial charge in [0.25, 0.3) is 0 Å². The molecule has 25 heavy (non-hydrogen) atoms. The second-order valence-electron chi connectivity index (χ2n) is 7.90. The maximum atomic E-state index is 12.5. The first kappa shape index (κ1) is 17.7. The second-order valence-corrected chi connectivity index (χ2v) is 7.90. The van der Waals surface area contributed by atoms with Crippen molar-refractivity contribution in [3.8, 4) is 5.88 Å². The van der Waals surface area contributed by atoms with Gasteiger partial charge in [0.1, 0.15) is 11.7 Å². The summed E-state index contributed by atoms with van der Waals surface area (Å²) < 4.78 is 11.6. The number of ether oxygens (including phenoxy) is 2. The molecule has 0 N–H and O–H groups in total. The summed E-state index contributed by atoms with van der Waals surface area (Å²) in [6.45, 7) is 7.16. The lowest BCUT2D eigenvalue weighted by atomic mass is 10.00. The lowest BCUT2D eigenvalue weighted by molar-refractivity contribution is -0.00764. The first-order chi connectivity index (χ1) is 11.7. The number of piperidine rings is 1. The van der Waals surface area contributed by atoms with Crippen molar-refractivity contribution >= 4 is 11.9 Å². The van der Waals surface area contributed by atoms with E-state index < -0.39 is 5.60 Å². The van der Waals surface area contributed by atoms with Crippen LogP contribution in [0.15, 0.2) is 18.3 Å². The minimum Gasteiger partial charge on any atom is -0.474 e. The van der Waals surface area contributed by atoms with Gasteiger partial charge in [-0.1, -0.05) is 0 Å². The highest BCUT2D eigenvalue weighted by Crippen LogP contribution is 2.38. The number of hydrogen-bond donors (Lipinski definition) is 0. The van der Waals surface area contributed by atoms with E-state index in [1.54, 1.807) is 18.3 Å². The van der Waals surface area contributed by atoms with Crippen LogP contribution in [0.25, 0.3) is 0 Å². The van der Waals surface area contributed by atoms with Gasteiger partial charge in [-0.25, -0.2) is 9.78 Å². The van der Waals surface area contributed by atoms with Crippen LogP contribution in [-0.2, 0) is 4.74 Å². The first-order valence-electron chi connectivity index (χ1n) is 8.88. The maximum absolute atomic E-state index is 12.5. The third-order valence-corrected chi connectivity index (χ3v) is 4.72. The highest BCUT2D eigenvalue weighted by molar-refractivity contribution is 5.96. The molecule has 1 unspecified atom stereocenters. The summed E-state index contributed by atoms with van der Waals surface area (Å²) in [5, 5.41) is 0. The normalized spacial score (nSPS) is 25.6. The number of carbonyl (C=O) groups is 2. The number of Topliss-reactive ketones (excluding diaryl/α,β-unsaturated/α-hetero) is 1. The van der Waals surface area contributed by atoms with Gasteiger partial charge in [-0.15, -0.1) is 0 Å². The van der Waals surface area contributed by atoms with E-state index >= 15 is 0 Å². The Morgan fingerprint density at radius 2 is 1.84 bits per heavy atom. The second kappa shape index (κ2) is 6.65. The molecule has 3 heterocycles. The van der Waals surface area contributed by atoms with E-state index in [1.807, 2.05) is 25.7 Å². The Labute approximate surface area is 148 Å². The van der Waals surface area contributed by atoms with Crippen LogP contribution in [0.4, 0.5) is 4.79 Å². The fraction of sp³-hybridized carbons (Fsp3) is 0.632. The highest BCUT2D eigenvalue weighted by atomic mass is 16.6. The molecular formula is C19H26N2O4. The van der Waals surface area contributed by atoms with Crippen molar-refractivity contribution in [1.29, 1.82) is 0 Å². The summed E-state index contributed by atoms with van der Waals surface area (Å²) in [5.41, 5.74) is 0.0122. The van der Waals surface area contributed by atoms with E-state index in [2.05, 4.69) is 4.98 Å². The van der Waals surface area contributed by atoms with E-state index in [1.165, 1.54) is 6.92 Å². The molecule has 1 aromatic heterocycles. The minimum absolute atomic E-state index is 0.0378. The average Bonchev–Trinajstić information content (AvgIpc) is 2.78. The number of aromatic nitrogens is 1. The summed E-state index contributed by atoms with van der Waals surface area (Å²) in [4.78, 5) is 30.3. The van der Waals surface area contributed by atoms with Gasteiger partial charge < -0.3 is 14.4 Å². The number of nitrogens with zero attached hydrogens (tertiary/aromatic N) is 2. The Hall–Kier alpha value is -2.11. The van der Waals surface area contributed by atoms with Gasteiger partial charge in [-0.3, -0.25) is 4.79 Å². The zero-order valence-electron chi connectivity index (χ0n) is 15.3. The Morgan fingerprint density at radius 1 is 1.20 bits per heavy atom. The number of fused-ring (bicyclic) bond motifs is 2. The van der Waals surface area contributed by atoms with Crippen LogP contribution >= 0.6 is 0 Å². The van der Waals surface area contributed by atoms with Gasteiger partial charge in [-0.05, 0) is 52.7 Å². The molecule has 0 aliphatic carbocycles. The van der Waals surface area contributed by atoms with Crippen molar-refractivity contribution in [1.82, 2.24) is 9.88 Å². The zero-order valence-corrected chi connectivity index (χ0v) is 15.3. The Bertz CT molecular complexity index is 654. The number of pyridine rings is 1. The van der Waals surface area contributed by atoms with Crippen LogP contribution in [0.5, 0.6) is 5.88 Å². The van der Waals surface area contributed by atoms with E-state index in [0.29, 0.717) is 11.4 Å². The molecule has 3 atom stereocenters. The standard InChI is InChI=1S/C19H26N2O4/c1-12(22)16-6-5-9-20-17(16)24-15-10-13-7-8-14(11-15)21(13)18(23)25-19(2,3)4/h5-6,9,13-15H,7-8,10-11H2,1-4H3/t13-,14+,15?. The predicted octanol–water partition coefficient (Wildman–Crippen LogP) is 3.59. The van der Waals surface area contributed by atoms with Crippen LogP contribution in [0.3, 0.4) is 0 Å². The van der Waals surface area contributed by atoms with Crippen molar-refractivity contribution in [3.63, 3.8) is 0 Å². The van der Waals surface area contributed by atoms with Crippen LogP contribution < -0.4 is 4.74 Å². The zero-order chi connectivity index (χ0) is 18.2. The lowest BCUT2D eigenvalue weighted by Gasteiger charge is -2.39. The largest absolute Gasteiger partial charge is 0.474 e. The van der Waals surface area contributed by atoms with Gasteiger partial charge in [-0.2, -0.15) is 0 Å². The van der Waals surface area contributed by atoms with E-state index in [0.717, 1.165) is 25.7 Å². The highest BCUT2D eigenvalue weighted by Gasteiger charge is 2.45. The fourth-order valence-electron chi connectivity index (χ4n) is 3.75. The smallest absolute Gasteiger partial charge is 0.410 e. The molecular weight excluding hydrogens is 320 g/mol. The molecule has 1 aromatic rings. The molecule has 136 valence electrons. The van der Waals surface area contributed by atoms with Gasteiger partial charge in [0.15, 0.2) is 5.78 Å². The van der Waals surface area contributed by atoms with E-state index in [4.69, 9.17) is 9.47 Å². The topological polar surface area (TPSA) is 68.7 Å². The first-order valence-corrected chi connectivity index (χ1v) is 8.88. The molecule has 2 fully saturated rings. The summed E-state index contributed by atoms with van der Waals surface area (Å²) in [6, 6.07) is 3.72.